The summed E-state index contributed by atoms with van der Waals surface area (Å²) in [6.45, 7) is 3.53. The fourth-order valence-electron chi connectivity index (χ4n) is 3.96. The average molecular weight is 516 g/mol. The maximum absolute atomic E-state index is 13.7. The van der Waals surface area contributed by atoms with Gasteiger partial charge in [-0.3, -0.25) is 4.79 Å². The van der Waals surface area contributed by atoms with Crippen LogP contribution in [0.5, 0.6) is 5.88 Å². The zero-order chi connectivity index (χ0) is 26.0. The number of benzene rings is 1. The molecule has 192 valence electrons. The van der Waals surface area contributed by atoms with Gasteiger partial charge in [0, 0.05) is 37.2 Å². The van der Waals surface area contributed by atoms with Crippen molar-refractivity contribution in [2.24, 2.45) is 11.8 Å². The van der Waals surface area contributed by atoms with Gasteiger partial charge in [0.05, 0.1) is 24.1 Å². The number of rotatable bonds is 6. The molecule has 1 aromatic heterocycles. The molecule has 3 atom stereocenters. The van der Waals surface area contributed by atoms with Crippen LogP contribution in [0.4, 0.5) is 4.39 Å². The molecule has 10 heteroatoms. The number of carbonyl (C=O) groups excluding carboxylic acids is 1. The first-order valence-corrected chi connectivity index (χ1v) is 13.4. The molecule has 36 heavy (non-hydrogen) atoms. The molecule has 0 saturated heterocycles. The van der Waals surface area contributed by atoms with Crippen LogP contribution < -0.4 is 4.74 Å². The molecule has 8 nitrogen and oxygen atoms in total. The first-order chi connectivity index (χ1) is 17.1. The summed E-state index contributed by atoms with van der Waals surface area (Å²) < 4.78 is 47.1. The van der Waals surface area contributed by atoms with Crippen LogP contribution >= 0.6 is 0 Å². The lowest BCUT2D eigenvalue weighted by atomic mass is 10.0. The van der Waals surface area contributed by atoms with Crippen molar-refractivity contribution in [3.63, 3.8) is 0 Å². The lowest BCUT2D eigenvalue weighted by molar-refractivity contribution is 0.0373. The van der Waals surface area contributed by atoms with Gasteiger partial charge < -0.3 is 14.7 Å². The van der Waals surface area contributed by atoms with Gasteiger partial charge in [-0.1, -0.05) is 24.8 Å². The summed E-state index contributed by atoms with van der Waals surface area (Å²) in [5, 5.41) is 9.79. The van der Waals surface area contributed by atoms with Crippen molar-refractivity contribution in [3.05, 3.63) is 53.5 Å². The molecular weight excluding hydrogens is 485 g/mol. The molecule has 0 spiro atoms. The van der Waals surface area contributed by atoms with Crippen molar-refractivity contribution in [2.75, 3.05) is 26.7 Å². The van der Waals surface area contributed by atoms with Crippen molar-refractivity contribution in [1.29, 1.82) is 0 Å². The lowest BCUT2D eigenvalue weighted by Gasteiger charge is -2.37. The van der Waals surface area contributed by atoms with Crippen molar-refractivity contribution in [2.45, 2.75) is 43.7 Å². The number of aliphatic hydroxyl groups is 1. The fourth-order valence-corrected chi connectivity index (χ4v) is 5.18. The Bertz CT molecular complexity index is 1300. The number of amides is 1. The van der Waals surface area contributed by atoms with Crippen LogP contribution in [0.2, 0.25) is 0 Å². The second-order valence-electron chi connectivity index (χ2n) is 9.49. The number of likely N-dealkylation sites (N-methyl/N-ethyl adjacent to an activating group) is 1. The zero-order valence-electron chi connectivity index (χ0n) is 20.5. The Hall–Kier alpha value is -3.00. The summed E-state index contributed by atoms with van der Waals surface area (Å²) in [4.78, 5) is 19.2. The van der Waals surface area contributed by atoms with Gasteiger partial charge in [-0.15, -0.1) is 0 Å². The third-order valence-corrected chi connectivity index (χ3v) is 8.28. The quantitative estimate of drug-likeness (QED) is 0.594. The predicted octanol–water partition coefficient (Wildman–Crippen LogP) is 2.52. The molecule has 1 aliphatic carbocycles. The molecule has 1 saturated carbocycles. The summed E-state index contributed by atoms with van der Waals surface area (Å²) in [5.74, 6) is 5.39. The van der Waals surface area contributed by atoms with E-state index in [9.17, 15) is 22.7 Å². The van der Waals surface area contributed by atoms with Gasteiger partial charge in [-0.25, -0.2) is 17.8 Å². The molecule has 4 rings (SSSR count). The summed E-state index contributed by atoms with van der Waals surface area (Å²) in [7, 11) is -2.59. The largest absolute Gasteiger partial charge is 0.472 e. The van der Waals surface area contributed by atoms with Gasteiger partial charge in [-0.05, 0) is 44.0 Å². The number of aliphatic hydroxyl groups excluding tert-OH is 1. The maximum atomic E-state index is 13.7. The summed E-state index contributed by atoms with van der Waals surface area (Å²) in [6, 6.07) is 5.99. The molecule has 2 aliphatic rings. The minimum Gasteiger partial charge on any atom is -0.472 e. The molecule has 0 bridgehead atoms. The normalized spacial score (nSPS) is 21.1. The Balaban J connectivity index is 1.66. The highest BCUT2D eigenvalue weighted by Gasteiger charge is 2.36. The number of carbonyl (C=O) groups is 1. The van der Waals surface area contributed by atoms with Gasteiger partial charge in [0.1, 0.15) is 17.5 Å². The lowest BCUT2D eigenvalue weighted by Crippen LogP contribution is -2.50. The molecule has 2 heterocycles. The first kappa shape index (κ1) is 26.1. The summed E-state index contributed by atoms with van der Waals surface area (Å²) >= 11 is 0. The van der Waals surface area contributed by atoms with Crippen molar-refractivity contribution < 1.29 is 27.4 Å². The van der Waals surface area contributed by atoms with E-state index in [0.717, 1.165) is 23.2 Å². The number of hydrogen-bond acceptors (Lipinski definition) is 6. The van der Waals surface area contributed by atoms with Crippen molar-refractivity contribution in [1.82, 2.24) is 14.2 Å². The van der Waals surface area contributed by atoms with E-state index in [2.05, 4.69) is 16.8 Å². The Morgan fingerprint density at radius 2 is 2.08 bits per heavy atom. The smallest absolute Gasteiger partial charge is 0.259 e. The standard InChI is InChI=1S/C26H30FN3O5S/c1-17-14-30(18(2)16-31)26(32)23-11-20(10-9-19-7-8-19)13-28-25(23)35-24(17)15-29(3)36(33,34)22-6-4-5-21(27)12-22/h4-6,11-13,17-19,24,31H,7-8,14-16H2,1-3H3/t17-,18+,24+/m0/s1. The van der Waals surface area contributed by atoms with E-state index in [-0.39, 0.29) is 47.9 Å². The monoisotopic (exact) mass is 515 g/mol. The van der Waals surface area contributed by atoms with Gasteiger partial charge in [-0.2, -0.15) is 4.31 Å². The van der Waals surface area contributed by atoms with E-state index in [1.54, 1.807) is 17.9 Å². The number of sulfonamides is 1. The number of halogens is 1. The van der Waals surface area contributed by atoms with E-state index < -0.39 is 28.0 Å². The molecule has 1 amide bonds. The van der Waals surface area contributed by atoms with Crippen LogP contribution in [0, 0.1) is 29.5 Å². The molecule has 1 aliphatic heterocycles. The second kappa shape index (κ2) is 10.5. The zero-order valence-corrected chi connectivity index (χ0v) is 21.3. The molecule has 0 radical (unpaired) electrons. The highest BCUT2D eigenvalue weighted by atomic mass is 32.2. The number of pyridine rings is 1. The third kappa shape index (κ3) is 5.69. The molecular formula is C26H30FN3O5S. The van der Waals surface area contributed by atoms with Crippen LogP contribution in [0.25, 0.3) is 0 Å². The van der Waals surface area contributed by atoms with Crippen LogP contribution in [0.3, 0.4) is 0 Å². The Labute approximate surface area is 211 Å². The third-order valence-electron chi connectivity index (χ3n) is 6.46. The Morgan fingerprint density at radius 1 is 1.33 bits per heavy atom. The summed E-state index contributed by atoms with van der Waals surface area (Å²) in [6.07, 6.45) is 3.01. The Kier molecular flexibility index (Phi) is 7.64. The number of fused-ring (bicyclic) bond motifs is 1. The number of nitrogens with zero attached hydrogens (tertiary/aromatic N) is 3. The number of ether oxygens (including phenoxy) is 1. The second-order valence-corrected chi connectivity index (χ2v) is 11.5. The van der Waals surface area contributed by atoms with Gasteiger partial charge in [0.25, 0.3) is 5.91 Å². The van der Waals surface area contributed by atoms with Crippen LogP contribution in [-0.4, -0.2) is 72.5 Å². The molecule has 2 aromatic rings. The highest BCUT2D eigenvalue weighted by molar-refractivity contribution is 7.89. The topological polar surface area (TPSA) is 100 Å². The highest BCUT2D eigenvalue weighted by Crippen LogP contribution is 2.29. The van der Waals surface area contributed by atoms with Gasteiger partial charge in [0.15, 0.2) is 0 Å². The maximum Gasteiger partial charge on any atom is 0.259 e. The van der Waals surface area contributed by atoms with Crippen LogP contribution in [0.15, 0.2) is 41.4 Å². The minimum atomic E-state index is -3.99. The van der Waals surface area contributed by atoms with E-state index in [4.69, 9.17) is 4.74 Å². The van der Waals surface area contributed by atoms with Crippen LogP contribution in [-0.2, 0) is 10.0 Å². The van der Waals surface area contributed by atoms with E-state index in [0.29, 0.717) is 11.5 Å². The van der Waals surface area contributed by atoms with E-state index in [1.807, 2.05) is 6.92 Å². The molecule has 0 unspecified atom stereocenters. The molecule has 1 fully saturated rings. The minimum absolute atomic E-state index is 0.0556. The first-order valence-electron chi connectivity index (χ1n) is 11.9. The number of hydrogen-bond donors (Lipinski definition) is 1. The average Bonchev–Trinajstić information content (AvgIpc) is 3.69. The van der Waals surface area contributed by atoms with Crippen molar-refractivity contribution >= 4 is 15.9 Å². The van der Waals surface area contributed by atoms with E-state index in [1.165, 1.54) is 31.4 Å². The molecule has 1 aromatic carbocycles. The van der Waals surface area contributed by atoms with Gasteiger partial charge in [0.2, 0.25) is 15.9 Å². The molecule has 1 N–H and O–H groups in total. The van der Waals surface area contributed by atoms with Crippen molar-refractivity contribution in [3.8, 4) is 17.7 Å². The van der Waals surface area contributed by atoms with Crippen LogP contribution in [0.1, 0.15) is 42.6 Å². The van der Waals surface area contributed by atoms with E-state index >= 15 is 0 Å². The fraction of sp³-hybridized carbons (Fsp3) is 0.462. The van der Waals surface area contributed by atoms with Gasteiger partial charge >= 0.3 is 0 Å². The predicted molar refractivity (Wildman–Crippen MR) is 131 cm³/mol. The Morgan fingerprint density at radius 3 is 2.75 bits per heavy atom. The SMILES string of the molecule is C[C@H](CO)N1C[C@H](C)[C@@H](CN(C)S(=O)(=O)c2cccc(F)c2)Oc2ncc(C#CC3CC3)cc2C1=O. The number of aromatic nitrogens is 1. The summed E-state index contributed by atoms with van der Waals surface area (Å²) in [5.41, 5.74) is 0.801.